The van der Waals surface area contributed by atoms with Crippen LogP contribution >= 0.6 is 0 Å². The van der Waals surface area contributed by atoms with E-state index in [0.29, 0.717) is 13.0 Å². The number of rotatable bonds is 8. The molecule has 2 atom stereocenters. The summed E-state index contributed by atoms with van der Waals surface area (Å²) < 4.78 is 30.8. The first-order valence-electron chi connectivity index (χ1n) is 6.05. The van der Waals surface area contributed by atoms with Gasteiger partial charge >= 0.3 is 0 Å². The predicted molar refractivity (Wildman–Crippen MR) is 66.7 cm³/mol. The molecular formula is C13H19F2NO3. The molecule has 0 spiro atoms. The highest BCUT2D eigenvalue weighted by Gasteiger charge is 2.13. The molecule has 4 nitrogen and oxygen atoms in total. The molecule has 3 N–H and O–H groups in total. The maximum atomic E-state index is 13.4. The number of hydrogen-bond donors (Lipinski definition) is 3. The molecule has 1 rings (SSSR count). The monoisotopic (exact) mass is 275 g/mol. The highest BCUT2D eigenvalue weighted by molar-refractivity contribution is 5.21. The fraction of sp³-hybridized carbons (Fsp3) is 0.538. The number of methoxy groups -OCH3 is 1. The Kier molecular flexibility index (Phi) is 6.86. The molecule has 2 unspecified atom stereocenters. The summed E-state index contributed by atoms with van der Waals surface area (Å²) in [6, 6.07) is 3.06. The molecule has 0 aliphatic rings. The van der Waals surface area contributed by atoms with Gasteiger partial charge in [0, 0.05) is 25.3 Å². The molecule has 1 aromatic carbocycles. The second kappa shape index (κ2) is 8.16. The molecule has 108 valence electrons. The van der Waals surface area contributed by atoms with Crippen molar-refractivity contribution < 1.29 is 23.7 Å². The minimum atomic E-state index is -1.06. The molecule has 0 aliphatic carbocycles. The van der Waals surface area contributed by atoms with E-state index in [1.807, 2.05) is 0 Å². The minimum Gasteiger partial charge on any atom is -0.391 e. The summed E-state index contributed by atoms with van der Waals surface area (Å²) in [5.41, 5.74) is 0.0475. The molecule has 0 bridgehead atoms. The van der Waals surface area contributed by atoms with Gasteiger partial charge in [0.15, 0.2) is 0 Å². The zero-order valence-electron chi connectivity index (χ0n) is 10.8. The van der Waals surface area contributed by atoms with Crippen molar-refractivity contribution in [3.05, 3.63) is 35.4 Å². The number of ether oxygens (including phenoxy) is 1. The first kappa shape index (κ1) is 16.0. The van der Waals surface area contributed by atoms with Crippen molar-refractivity contribution in [3.63, 3.8) is 0 Å². The van der Waals surface area contributed by atoms with E-state index >= 15 is 0 Å². The zero-order valence-corrected chi connectivity index (χ0v) is 10.8. The van der Waals surface area contributed by atoms with Crippen LogP contribution in [0.2, 0.25) is 0 Å². The topological polar surface area (TPSA) is 61.7 Å². The van der Waals surface area contributed by atoms with Crippen molar-refractivity contribution in [1.29, 1.82) is 0 Å². The first-order chi connectivity index (χ1) is 9.04. The van der Waals surface area contributed by atoms with Crippen molar-refractivity contribution >= 4 is 0 Å². The Morgan fingerprint density at radius 1 is 1.32 bits per heavy atom. The van der Waals surface area contributed by atoms with E-state index in [0.717, 1.165) is 12.1 Å². The predicted octanol–water partition coefficient (Wildman–Crippen LogP) is 0.985. The SMILES string of the molecule is COCC(O)CCNCC(O)c1ccc(F)cc1F. The summed E-state index contributed by atoms with van der Waals surface area (Å²) in [4.78, 5) is 0. The largest absolute Gasteiger partial charge is 0.391 e. The normalized spacial score (nSPS) is 14.4. The van der Waals surface area contributed by atoms with Gasteiger partial charge in [0.2, 0.25) is 0 Å². The molecule has 0 amide bonds. The van der Waals surface area contributed by atoms with Crippen molar-refractivity contribution in [2.24, 2.45) is 0 Å². The second-order valence-corrected chi connectivity index (χ2v) is 4.28. The van der Waals surface area contributed by atoms with Crippen LogP contribution in [-0.2, 0) is 4.74 Å². The minimum absolute atomic E-state index is 0.0475. The van der Waals surface area contributed by atoms with Gasteiger partial charge in [-0.05, 0) is 19.0 Å². The fourth-order valence-electron chi connectivity index (χ4n) is 1.66. The Morgan fingerprint density at radius 2 is 2.05 bits per heavy atom. The molecule has 0 heterocycles. The molecule has 0 aromatic heterocycles. The Labute approximate surface area is 111 Å². The third kappa shape index (κ3) is 5.61. The maximum Gasteiger partial charge on any atom is 0.131 e. The Hall–Kier alpha value is -1.08. The molecule has 0 saturated carbocycles. The van der Waals surface area contributed by atoms with Gasteiger partial charge in [0.1, 0.15) is 11.6 Å². The lowest BCUT2D eigenvalue weighted by atomic mass is 10.1. The summed E-state index contributed by atoms with van der Waals surface area (Å²) in [5.74, 6) is -1.45. The van der Waals surface area contributed by atoms with Crippen LogP contribution in [0.1, 0.15) is 18.1 Å². The van der Waals surface area contributed by atoms with Crippen LogP contribution in [0.4, 0.5) is 8.78 Å². The number of hydrogen-bond acceptors (Lipinski definition) is 4. The number of aliphatic hydroxyl groups is 2. The van der Waals surface area contributed by atoms with Crippen molar-refractivity contribution in [1.82, 2.24) is 5.32 Å². The van der Waals surface area contributed by atoms with E-state index in [1.54, 1.807) is 0 Å². The lowest BCUT2D eigenvalue weighted by Gasteiger charge is -2.14. The number of halogens is 2. The molecule has 19 heavy (non-hydrogen) atoms. The van der Waals surface area contributed by atoms with Crippen LogP contribution in [-0.4, -0.2) is 43.1 Å². The van der Waals surface area contributed by atoms with Gasteiger partial charge in [0.25, 0.3) is 0 Å². The third-order valence-electron chi connectivity index (χ3n) is 2.67. The number of aliphatic hydroxyl groups excluding tert-OH is 2. The van der Waals surface area contributed by atoms with Crippen molar-refractivity contribution in [2.75, 3.05) is 26.8 Å². The number of nitrogens with one attached hydrogen (secondary N) is 1. The van der Waals surface area contributed by atoms with E-state index in [2.05, 4.69) is 5.32 Å². The summed E-state index contributed by atoms with van der Waals surface area (Å²) in [7, 11) is 1.50. The summed E-state index contributed by atoms with van der Waals surface area (Å²) in [6.45, 7) is 0.837. The van der Waals surface area contributed by atoms with E-state index in [9.17, 15) is 19.0 Å². The van der Waals surface area contributed by atoms with E-state index < -0.39 is 23.8 Å². The van der Waals surface area contributed by atoms with Gasteiger partial charge in [-0.1, -0.05) is 6.07 Å². The van der Waals surface area contributed by atoms with Gasteiger partial charge in [-0.15, -0.1) is 0 Å². The van der Waals surface area contributed by atoms with Crippen LogP contribution in [0.3, 0.4) is 0 Å². The van der Waals surface area contributed by atoms with E-state index in [-0.39, 0.29) is 18.7 Å². The molecular weight excluding hydrogens is 256 g/mol. The summed E-state index contributed by atoms with van der Waals surface area (Å²) >= 11 is 0. The highest BCUT2D eigenvalue weighted by Crippen LogP contribution is 2.17. The fourth-order valence-corrected chi connectivity index (χ4v) is 1.66. The van der Waals surface area contributed by atoms with Crippen LogP contribution in [0, 0.1) is 11.6 Å². The molecule has 1 aromatic rings. The zero-order chi connectivity index (χ0) is 14.3. The van der Waals surface area contributed by atoms with E-state index in [1.165, 1.54) is 13.2 Å². The molecule has 0 saturated heterocycles. The van der Waals surface area contributed by atoms with Gasteiger partial charge < -0.3 is 20.3 Å². The van der Waals surface area contributed by atoms with Crippen molar-refractivity contribution in [2.45, 2.75) is 18.6 Å². The van der Waals surface area contributed by atoms with Crippen LogP contribution in [0.25, 0.3) is 0 Å². The Balaban J connectivity index is 2.33. The average molecular weight is 275 g/mol. The van der Waals surface area contributed by atoms with E-state index in [4.69, 9.17) is 4.74 Å². The van der Waals surface area contributed by atoms with Gasteiger partial charge in [-0.2, -0.15) is 0 Å². The van der Waals surface area contributed by atoms with Gasteiger partial charge in [-0.3, -0.25) is 0 Å². The highest BCUT2D eigenvalue weighted by atomic mass is 19.1. The molecule has 6 heteroatoms. The van der Waals surface area contributed by atoms with Crippen LogP contribution in [0.5, 0.6) is 0 Å². The number of benzene rings is 1. The third-order valence-corrected chi connectivity index (χ3v) is 2.67. The molecule has 0 aliphatic heterocycles. The second-order valence-electron chi connectivity index (χ2n) is 4.28. The summed E-state index contributed by atoms with van der Waals surface area (Å²) in [5, 5.41) is 22.0. The Morgan fingerprint density at radius 3 is 2.68 bits per heavy atom. The van der Waals surface area contributed by atoms with Gasteiger partial charge in [0.05, 0.1) is 18.8 Å². The lowest BCUT2D eigenvalue weighted by Crippen LogP contribution is -2.27. The Bertz CT molecular complexity index is 390. The van der Waals surface area contributed by atoms with Crippen LogP contribution < -0.4 is 5.32 Å². The smallest absolute Gasteiger partial charge is 0.131 e. The summed E-state index contributed by atoms with van der Waals surface area (Å²) in [6.07, 6.45) is -1.16. The first-order valence-corrected chi connectivity index (χ1v) is 6.05. The standard InChI is InChI=1S/C13H19F2NO3/c1-19-8-10(17)4-5-16-7-13(18)11-3-2-9(14)6-12(11)15/h2-3,6,10,13,16-18H,4-5,7-8H2,1H3. The molecule has 0 fully saturated rings. The maximum absolute atomic E-state index is 13.4. The molecule has 0 radical (unpaired) electrons. The van der Waals surface area contributed by atoms with Gasteiger partial charge in [-0.25, -0.2) is 8.78 Å². The van der Waals surface area contributed by atoms with Crippen molar-refractivity contribution in [3.8, 4) is 0 Å². The average Bonchev–Trinajstić information content (AvgIpc) is 2.34. The lowest BCUT2D eigenvalue weighted by molar-refractivity contribution is 0.0586. The van der Waals surface area contributed by atoms with Crippen LogP contribution in [0.15, 0.2) is 18.2 Å². The quantitative estimate of drug-likeness (QED) is 0.619.